The summed E-state index contributed by atoms with van der Waals surface area (Å²) in [6.45, 7) is 6.52. The molecule has 29 heavy (non-hydrogen) atoms. The molecule has 0 saturated heterocycles. The Hall–Kier alpha value is -2.90. The van der Waals surface area contributed by atoms with Crippen LogP contribution in [-0.2, 0) is 39.9 Å². The number of methoxy groups -OCH3 is 2. The van der Waals surface area contributed by atoms with Gasteiger partial charge < -0.3 is 19.1 Å². The van der Waals surface area contributed by atoms with E-state index in [1.54, 1.807) is 45.0 Å². The number of nitrogens with zero attached hydrogens (tertiary/aromatic N) is 1. The number of amides is 1. The van der Waals surface area contributed by atoms with Crippen molar-refractivity contribution >= 4 is 23.8 Å². The number of esters is 3. The zero-order chi connectivity index (χ0) is 22.2. The van der Waals surface area contributed by atoms with Crippen molar-refractivity contribution in [1.29, 1.82) is 0 Å². The Balaban J connectivity index is 3.27. The molecular formula is C21H29NO7. The number of benzene rings is 1. The SMILES string of the molecule is COC(=O)CC(C(=O)OC(C)(C)C)C(=O)N(Cc1ccccc1)C(C)C(=O)OC. The lowest BCUT2D eigenvalue weighted by molar-refractivity contribution is -0.170. The molecule has 8 heteroatoms. The van der Waals surface area contributed by atoms with Crippen molar-refractivity contribution in [3.8, 4) is 0 Å². The predicted octanol–water partition coefficient (Wildman–Crippen LogP) is 2.10. The predicted molar refractivity (Wildman–Crippen MR) is 104 cm³/mol. The van der Waals surface area contributed by atoms with Gasteiger partial charge in [0.15, 0.2) is 0 Å². The normalized spacial score (nSPS) is 13.0. The van der Waals surface area contributed by atoms with Crippen LogP contribution in [0.4, 0.5) is 0 Å². The van der Waals surface area contributed by atoms with Gasteiger partial charge in [0.25, 0.3) is 0 Å². The summed E-state index contributed by atoms with van der Waals surface area (Å²) in [5.74, 6) is -4.40. The highest BCUT2D eigenvalue weighted by molar-refractivity contribution is 6.01. The minimum absolute atomic E-state index is 0.0520. The molecule has 0 aromatic heterocycles. The number of rotatable bonds is 8. The van der Waals surface area contributed by atoms with E-state index in [-0.39, 0.29) is 6.54 Å². The van der Waals surface area contributed by atoms with E-state index in [1.165, 1.54) is 18.9 Å². The van der Waals surface area contributed by atoms with E-state index in [0.717, 1.165) is 12.7 Å². The molecule has 2 atom stereocenters. The molecule has 0 spiro atoms. The van der Waals surface area contributed by atoms with Crippen molar-refractivity contribution in [2.45, 2.75) is 52.3 Å². The fourth-order valence-electron chi connectivity index (χ4n) is 2.58. The van der Waals surface area contributed by atoms with Crippen LogP contribution in [0.5, 0.6) is 0 Å². The Morgan fingerprint density at radius 2 is 1.55 bits per heavy atom. The Morgan fingerprint density at radius 3 is 2.03 bits per heavy atom. The highest BCUT2D eigenvalue weighted by Gasteiger charge is 2.39. The number of ether oxygens (including phenoxy) is 3. The quantitative estimate of drug-likeness (QED) is 0.370. The maximum atomic E-state index is 13.3. The third-order valence-corrected chi connectivity index (χ3v) is 4.08. The molecule has 1 aromatic carbocycles. The van der Waals surface area contributed by atoms with Gasteiger partial charge in [0, 0.05) is 6.54 Å². The first kappa shape index (κ1) is 24.1. The molecule has 1 aromatic rings. The summed E-state index contributed by atoms with van der Waals surface area (Å²) in [7, 11) is 2.38. The third kappa shape index (κ3) is 7.56. The van der Waals surface area contributed by atoms with E-state index in [2.05, 4.69) is 4.74 Å². The second kappa shape index (κ2) is 10.6. The first-order chi connectivity index (χ1) is 13.5. The number of hydrogen-bond donors (Lipinski definition) is 0. The molecule has 0 N–H and O–H groups in total. The summed E-state index contributed by atoms with van der Waals surface area (Å²) >= 11 is 0. The van der Waals surface area contributed by atoms with Crippen LogP contribution in [0.2, 0.25) is 0 Å². The van der Waals surface area contributed by atoms with Crippen LogP contribution in [0, 0.1) is 5.92 Å². The monoisotopic (exact) mass is 407 g/mol. The van der Waals surface area contributed by atoms with Crippen LogP contribution >= 0.6 is 0 Å². The molecule has 160 valence electrons. The Morgan fingerprint density at radius 1 is 0.966 bits per heavy atom. The summed E-state index contributed by atoms with van der Waals surface area (Å²) in [6, 6.07) is 8.00. The van der Waals surface area contributed by atoms with E-state index in [9.17, 15) is 19.2 Å². The first-order valence-electron chi connectivity index (χ1n) is 9.22. The minimum atomic E-state index is -1.45. The van der Waals surface area contributed by atoms with Crippen LogP contribution in [0.1, 0.15) is 39.7 Å². The maximum absolute atomic E-state index is 13.3. The zero-order valence-corrected chi connectivity index (χ0v) is 17.8. The summed E-state index contributed by atoms with van der Waals surface area (Å²) in [5.41, 5.74) is -0.109. The summed E-state index contributed by atoms with van der Waals surface area (Å²) in [4.78, 5) is 51.2. The van der Waals surface area contributed by atoms with Gasteiger partial charge in [-0.3, -0.25) is 14.4 Å². The molecule has 0 bridgehead atoms. The highest BCUT2D eigenvalue weighted by Crippen LogP contribution is 2.20. The third-order valence-electron chi connectivity index (χ3n) is 4.08. The Kier molecular flexibility index (Phi) is 8.82. The van der Waals surface area contributed by atoms with Crippen LogP contribution in [0.15, 0.2) is 30.3 Å². The van der Waals surface area contributed by atoms with Gasteiger partial charge in [-0.15, -0.1) is 0 Å². The smallest absolute Gasteiger partial charge is 0.328 e. The second-order valence-electron chi connectivity index (χ2n) is 7.52. The average molecular weight is 407 g/mol. The molecule has 1 amide bonds. The lowest BCUT2D eigenvalue weighted by Gasteiger charge is -2.31. The molecule has 0 heterocycles. The number of carbonyl (C=O) groups excluding carboxylic acids is 4. The molecule has 0 fully saturated rings. The standard InChI is InChI=1S/C21H29NO7/c1-14(19(25)28-6)22(13-15-10-8-7-9-11-15)18(24)16(12-17(23)27-5)20(26)29-21(2,3)4/h7-11,14,16H,12-13H2,1-6H3. The molecule has 0 aliphatic carbocycles. The van der Waals surface area contributed by atoms with Gasteiger partial charge in [-0.25, -0.2) is 4.79 Å². The summed E-state index contributed by atoms with van der Waals surface area (Å²) in [5, 5.41) is 0. The van der Waals surface area contributed by atoms with Gasteiger partial charge in [-0.05, 0) is 33.3 Å². The summed E-state index contributed by atoms with van der Waals surface area (Å²) in [6.07, 6.45) is -0.497. The van der Waals surface area contributed by atoms with Crippen LogP contribution in [0.3, 0.4) is 0 Å². The van der Waals surface area contributed by atoms with Crippen molar-refractivity contribution in [3.63, 3.8) is 0 Å². The average Bonchev–Trinajstić information content (AvgIpc) is 2.67. The Bertz CT molecular complexity index is 724. The largest absolute Gasteiger partial charge is 0.469 e. The van der Waals surface area contributed by atoms with Gasteiger partial charge in [0.1, 0.15) is 17.6 Å². The van der Waals surface area contributed by atoms with Crippen LogP contribution in [-0.4, -0.2) is 54.6 Å². The minimum Gasteiger partial charge on any atom is -0.469 e. The van der Waals surface area contributed by atoms with Gasteiger partial charge in [0.2, 0.25) is 5.91 Å². The van der Waals surface area contributed by atoms with Gasteiger partial charge >= 0.3 is 17.9 Å². The molecule has 0 aliphatic rings. The summed E-state index contributed by atoms with van der Waals surface area (Å²) < 4.78 is 14.7. The lowest BCUT2D eigenvalue weighted by Crippen LogP contribution is -2.49. The molecule has 2 unspecified atom stereocenters. The Labute approximate surface area is 171 Å². The number of hydrogen-bond acceptors (Lipinski definition) is 7. The molecule has 0 saturated carbocycles. The molecule has 0 aliphatic heterocycles. The van der Waals surface area contributed by atoms with Crippen LogP contribution in [0.25, 0.3) is 0 Å². The topological polar surface area (TPSA) is 99.2 Å². The fraction of sp³-hybridized carbons (Fsp3) is 0.524. The van der Waals surface area contributed by atoms with E-state index in [1.807, 2.05) is 6.07 Å². The van der Waals surface area contributed by atoms with Crippen LogP contribution < -0.4 is 0 Å². The maximum Gasteiger partial charge on any atom is 0.328 e. The molecule has 0 radical (unpaired) electrons. The lowest BCUT2D eigenvalue weighted by atomic mass is 10.0. The van der Waals surface area contributed by atoms with Crippen molar-refractivity contribution in [1.82, 2.24) is 4.90 Å². The van der Waals surface area contributed by atoms with E-state index in [4.69, 9.17) is 9.47 Å². The molecular weight excluding hydrogens is 378 g/mol. The first-order valence-corrected chi connectivity index (χ1v) is 9.22. The van der Waals surface area contributed by atoms with E-state index >= 15 is 0 Å². The van der Waals surface area contributed by atoms with E-state index < -0.39 is 47.8 Å². The fourth-order valence-corrected chi connectivity index (χ4v) is 2.58. The van der Waals surface area contributed by atoms with E-state index in [0.29, 0.717) is 0 Å². The van der Waals surface area contributed by atoms with Gasteiger partial charge in [0.05, 0.1) is 20.6 Å². The van der Waals surface area contributed by atoms with Gasteiger partial charge in [-0.1, -0.05) is 30.3 Å². The molecule has 8 nitrogen and oxygen atoms in total. The molecule has 1 rings (SSSR count). The zero-order valence-electron chi connectivity index (χ0n) is 17.8. The van der Waals surface area contributed by atoms with Crippen molar-refractivity contribution in [2.75, 3.05) is 14.2 Å². The second-order valence-corrected chi connectivity index (χ2v) is 7.52. The van der Waals surface area contributed by atoms with Gasteiger partial charge in [-0.2, -0.15) is 0 Å². The highest BCUT2D eigenvalue weighted by atomic mass is 16.6. The van der Waals surface area contributed by atoms with Crippen molar-refractivity contribution in [2.24, 2.45) is 5.92 Å². The van der Waals surface area contributed by atoms with Crippen molar-refractivity contribution < 1.29 is 33.4 Å². The number of carbonyl (C=O) groups is 4. The van der Waals surface area contributed by atoms with Crippen molar-refractivity contribution in [3.05, 3.63) is 35.9 Å².